The fourth-order valence-corrected chi connectivity index (χ4v) is 5.31. The Kier molecular flexibility index (Phi) is 34.5. The molecule has 5 heteroatoms. The van der Waals surface area contributed by atoms with E-state index in [1.807, 2.05) is 0 Å². The second kappa shape index (κ2) is 35.9. The van der Waals surface area contributed by atoms with Crippen LogP contribution in [0.2, 0.25) is 0 Å². The van der Waals surface area contributed by atoms with Gasteiger partial charge < -0.3 is 14.6 Å². The maximum absolute atomic E-state index is 12.1. The van der Waals surface area contributed by atoms with Gasteiger partial charge in [-0.05, 0) is 64.2 Å². The van der Waals surface area contributed by atoms with E-state index in [4.69, 9.17) is 9.47 Å². The maximum atomic E-state index is 12.1. The molecule has 1 unspecified atom stereocenters. The highest BCUT2D eigenvalue weighted by molar-refractivity contribution is 5.70. The number of aliphatic hydroxyl groups is 1. The molecule has 0 saturated heterocycles. The second-order valence-corrected chi connectivity index (χ2v) is 12.6. The summed E-state index contributed by atoms with van der Waals surface area (Å²) in [5.74, 6) is -0.614. The number of rotatable bonds is 34. The van der Waals surface area contributed by atoms with E-state index in [1.54, 1.807) is 0 Å². The maximum Gasteiger partial charge on any atom is 0.306 e. The normalized spacial score (nSPS) is 12.3. The van der Waals surface area contributed by atoms with Crippen LogP contribution in [0.25, 0.3) is 0 Å². The van der Waals surface area contributed by atoms with Gasteiger partial charge in [-0.2, -0.15) is 0 Å². The zero-order valence-electron chi connectivity index (χ0n) is 29.2. The summed E-state index contributed by atoms with van der Waals surface area (Å²) in [5, 5.41) is 9.53. The standard InChI is InChI=1S/C39H72O5/c1-3-5-7-9-11-13-15-17-19-21-23-25-27-29-31-33-38(41)43-36-37(35-40)44-39(42)34-32-30-28-26-24-22-20-18-16-14-12-10-8-6-4-2/h19-22,37,40H,3-18,23-36H2,1-2H3/b21-19+,22-20+. The first-order chi connectivity index (χ1) is 21.6. The molecular formula is C39H72O5. The van der Waals surface area contributed by atoms with Crippen LogP contribution < -0.4 is 0 Å². The minimum atomic E-state index is -0.777. The Morgan fingerprint density at radius 3 is 1.23 bits per heavy atom. The van der Waals surface area contributed by atoms with E-state index >= 15 is 0 Å². The summed E-state index contributed by atoms with van der Waals surface area (Å²) in [5.41, 5.74) is 0. The van der Waals surface area contributed by atoms with Gasteiger partial charge in [0.25, 0.3) is 0 Å². The first kappa shape index (κ1) is 42.4. The molecule has 0 heterocycles. The Morgan fingerprint density at radius 1 is 0.500 bits per heavy atom. The predicted molar refractivity (Wildman–Crippen MR) is 187 cm³/mol. The molecule has 0 fully saturated rings. The van der Waals surface area contributed by atoms with Crippen molar-refractivity contribution in [3.63, 3.8) is 0 Å². The lowest BCUT2D eigenvalue weighted by Gasteiger charge is -2.15. The number of aliphatic hydroxyl groups excluding tert-OH is 1. The Balaban J connectivity index is 3.59. The molecule has 258 valence electrons. The number of carbonyl (C=O) groups excluding carboxylic acids is 2. The van der Waals surface area contributed by atoms with Crippen molar-refractivity contribution in [3.8, 4) is 0 Å². The van der Waals surface area contributed by atoms with E-state index < -0.39 is 6.10 Å². The van der Waals surface area contributed by atoms with E-state index in [-0.39, 0.29) is 25.2 Å². The van der Waals surface area contributed by atoms with Crippen molar-refractivity contribution in [1.82, 2.24) is 0 Å². The molecule has 0 amide bonds. The van der Waals surface area contributed by atoms with Crippen LogP contribution in [0.15, 0.2) is 24.3 Å². The summed E-state index contributed by atoms with van der Waals surface area (Å²) in [6.07, 6.45) is 40.9. The first-order valence-corrected chi connectivity index (χ1v) is 18.9. The zero-order valence-corrected chi connectivity index (χ0v) is 29.2. The summed E-state index contributed by atoms with van der Waals surface area (Å²) in [6, 6.07) is 0. The topological polar surface area (TPSA) is 72.8 Å². The third-order valence-electron chi connectivity index (χ3n) is 8.22. The number of esters is 2. The average Bonchev–Trinajstić information content (AvgIpc) is 3.02. The van der Waals surface area contributed by atoms with Gasteiger partial charge in [0.15, 0.2) is 6.10 Å². The van der Waals surface area contributed by atoms with E-state index in [0.717, 1.165) is 64.2 Å². The van der Waals surface area contributed by atoms with Crippen LogP contribution in [-0.2, 0) is 19.1 Å². The zero-order chi connectivity index (χ0) is 32.2. The number of ether oxygens (including phenoxy) is 2. The molecule has 0 spiro atoms. The molecule has 5 nitrogen and oxygen atoms in total. The molecular weight excluding hydrogens is 548 g/mol. The average molecular weight is 621 g/mol. The smallest absolute Gasteiger partial charge is 0.306 e. The molecule has 0 saturated carbocycles. The van der Waals surface area contributed by atoms with Gasteiger partial charge in [-0.1, -0.05) is 141 Å². The summed E-state index contributed by atoms with van der Waals surface area (Å²) in [4.78, 5) is 24.2. The SMILES string of the molecule is CCCCCCCCC/C=C/CCCCCCC(=O)OCC(CO)OC(=O)CCCCCC/C=C/CCCCCCCCC. The number of hydrogen-bond acceptors (Lipinski definition) is 5. The molecule has 1 N–H and O–H groups in total. The van der Waals surface area contributed by atoms with E-state index in [0.29, 0.717) is 12.8 Å². The summed E-state index contributed by atoms with van der Waals surface area (Å²) in [6.45, 7) is 4.11. The molecule has 0 rings (SSSR count). The minimum absolute atomic E-state index is 0.0736. The van der Waals surface area contributed by atoms with Gasteiger partial charge in [-0.15, -0.1) is 0 Å². The Hall–Kier alpha value is -1.62. The lowest BCUT2D eigenvalue weighted by Crippen LogP contribution is -2.28. The van der Waals surface area contributed by atoms with Crippen molar-refractivity contribution in [2.24, 2.45) is 0 Å². The van der Waals surface area contributed by atoms with Gasteiger partial charge in [0.05, 0.1) is 6.61 Å². The predicted octanol–water partition coefficient (Wildman–Crippen LogP) is 11.5. The Bertz CT molecular complexity index is 671. The van der Waals surface area contributed by atoms with Crippen LogP contribution in [0, 0.1) is 0 Å². The lowest BCUT2D eigenvalue weighted by atomic mass is 10.1. The molecule has 0 aromatic heterocycles. The van der Waals surface area contributed by atoms with Crippen LogP contribution in [-0.4, -0.2) is 36.4 Å². The highest BCUT2D eigenvalue weighted by Gasteiger charge is 2.16. The van der Waals surface area contributed by atoms with Crippen molar-refractivity contribution in [2.75, 3.05) is 13.2 Å². The monoisotopic (exact) mass is 621 g/mol. The highest BCUT2D eigenvalue weighted by atomic mass is 16.6. The Labute approximate surface area is 273 Å². The van der Waals surface area contributed by atoms with Gasteiger partial charge in [0.2, 0.25) is 0 Å². The number of carbonyl (C=O) groups is 2. The van der Waals surface area contributed by atoms with Crippen molar-refractivity contribution >= 4 is 11.9 Å². The first-order valence-electron chi connectivity index (χ1n) is 18.9. The van der Waals surface area contributed by atoms with Gasteiger partial charge in [-0.25, -0.2) is 0 Å². The molecule has 0 aliphatic carbocycles. The van der Waals surface area contributed by atoms with Crippen molar-refractivity contribution in [3.05, 3.63) is 24.3 Å². The fourth-order valence-electron chi connectivity index (χ4n) is 5.31. The number of allylic oxidation sites excluding steroid dienone is 4. The van der Waals surface area contributed by atoms with E-state index in [2.05, 4.69) is 38.2 Å². The van der Waals surface area contributed by atoms with Crippen LogP contribution in [0.4, 0.5) is 0 Å². The summed E-state index contributed by atoms with van der Waals surface area (Å²) in [7, 11) is 0. The van der Waals surface area contributed by atoms with Gasteiger partial charge in [-0.3, -0.25) is 9.59 Å². The molecule has 44 heavy (non-hydrogen) atoms. The van der Waals surface area contributed by atoms with Crippen LogP contribution >= 0.6 is 0 Å². The fraction of sp³-hybridized carbons (Fsp3) is 0.846. The van der Waals surface area contributed by atoms with Crippen molar-refractivity contribution < 1.29 is 24.2 Å². The van der Waals surface area contributed by atoms with Crippen LogP contribution in [0.5, 0.6) is 0 Å². The lowest BCUT2D eigenvalue weighted by molar-refractivity contribution is -0.161. The molecule has 0 aromatic rings. The van der Waals surface area contributed by atoms with E-state index in [1.165, 1.54) is 103 Å². The van der Waals surface area contributed by atoms with Crippen molar-refractivity contribution in [1.29, 1.82) is 0 Å². The van der Waals surface area contributed by atoms with Crippen molar-refractivity contribution in [2.45, 2.75) is 200 Å². The summed E-state index contributed by atoms with van der Waals surface area (Å²) < 4.78 is 10.6. The third kappa shape index (κ3) is 33.3. The third-order valence-corrected chi connectivity index (χ3v) is 8.22. The molecule has 0 aliphatic heterocycles. The minimum Gasteiger partial charge on any atom is -0.462 e. The molecule has 0 bridgehead atoms. The molecule has 0 radical (unpaired) electrons. The summed E-state index contributed by atoms with van der Waals surface area (Å²) >= 11 is 0. The quantitative estimate of drug-likeness (QED) is 0.0440. The second-order valence-electron chi connectivity index (χ2n) is 12.6. The van der Waals surface area contributed by atoms with Gasteiger partial charge >= 0.3 is 11.9 Å². The number of hydrogen-bond donors (Lipinski definition) is 1. The molecule has 0 aromatic carbocycles. The Morgan fingerprint density at radius 2 is 0.841 bits per heavy atom. The van der Waals surface area contributed by atoms with Crippen LogP contribution in [0.1, 0.15) is 194 Å². The van der Waals surface area contributed by atoms with E-state index in [9.17, 15) is 14.7 Å². The largest absolute Gasteiger partial charge is 0.462 e. The van der Waals surface area contributed by atoms with Crippen LogP contribution in [0.3, 0.4) is 0 Å². The number of unbranched alkanes of at least 4 members (excludes halogenated alkanes) is 22. The highest BCUT2D eigenvalue weighted by Crippen LogP contribution is 2.12. The van der Waals surface area contributed by atoms with Gasteiger partial charge in [0.1, 0.15) is 6.61 Å². The molecule has 1 atom stereocenters. The van der Waals surface area contributed by atoms with Gasteiger partial charge in [0, 0.05) is 12.8 Å². The molecule has 0 aliphatic rings.